The zero-order valence-corrected chi connectivity index (χ0v) is 10.3. The summed E-state index contributed by atoms with van der Waals surface area (Å²) in [5, 5.41) is 11.9. The van der Waals surface area contributed by atoms with Crippen LogP contribution in [0.25, 0.3) is 5.57 Å². The molecule has 5 heteroatoms. The van der Waals surface area contributed by atoms with Gasteiger partial charge >= 0.3 is 5.97 Å². The van der Waals surface area contributed by atoms with E-state index in [4.69, 9.17) is 5.11 Å². The molecule has 1 amide bonds. The number of rotatable bonds is 1. The number of pyridine rings is 1. The Kier molecular flexibility index (Phi) is 2.80. The highest BCUT2D eigenvalue weighted by Crippen LogP contribution is 2.34. The minimum atomic E-state index is -1.07. The molecule has 1 aliphatic heterocycles. The monoisotopic (exact) mass is 266 g/mol. The molecule has 1 aromatic carbocycles. The number of amides is 1. The fourth-order valence-corrected chi connectivity index (χ4v) is 2.25. The summed E-state index contributed by atoms with van der Waals surface area (Å²) in [4.78, 5) is 27.3. The van der Waals surface area contributed by atoms with Gasteiger partial charge < -0.3 is 10.4 Å². The van der Waals surface area contributed by atoms with Crippen LogP contribution >= 0.6 is 0 Å². The number of nitrogens with one attached hydrogen (secondary N) is 1. The fraction of sp³-hybridized carbons (Fsp3) is 0. The normalized spacial score (nSPS) is 15.0. The lowest BCUT2D eigenvalue weighted by Gasteiger charge is -2.08. The number of carboxylic acids is 1. The fourth-order valence-electron chi connectivity index (χ4n) is 2.25. The summed E-state index contributed by atoms with van der Waals surface area (Å²) in [6, 6.07) is 8.66. The van der Waals surface area contributed by atoms with Crippen LogP contribution < -0.4 is 5.32 Å². The van der Waals surface area contributed by atoms with E-state index in [2.05, 4.69) is 10.3 Å². The lowest BCUT2D eigenvalue weighted by molar-refractivity contribution is -0.131. The van der Waals surface area contributed by atoms with Crippen molar-refractivity contribution in [2.24, 2.45) is 0 Å². The number of carbonyl (C=O) groups excluding carboxylic acids is 1. The molecule has 0 aliphatic carbocycles. The molecule has 1 aromatic heterocycles. The predicted octanol–water partition coefficient (Wildman–Crippen LogP) is 2.16. The van der Waals surface area contributed by atoms with Crippen LogP contribution in [0, 0.1) is 0 Å². The lowest BCUT2D eigenvalue weighted by atomic mass is 9.95. The molecular weight excluding hydrogens is 256 g/mol. The Labute approximate surface area is 114 Å². The summed E-state index contributed by atoms with van der Waals surface area (Å²) in [5.41, 5.74) is 2.63. The molecule has 2 N–H and O–H groups in total. The van der Waals surface area contributed by atoms with Crippen LogP contribution in [0.15, 0.2) is 48.8 Å². The van der Waals surface area contributed by atoms with Gasteiger partial charge in [0.05, 0.1) is 5.56 Å². The maximum absolute atomic E-state index is 12.2. The topological polar surface area (TPSA) is 79.3 Å². The maximum Gasteiger partial charge on any atom is 0.328 e. The molecule has 20 heavy (non-hydrogen) atoms. The summed E-state index contributed by atoms with van der Waals surface area (Å²) in [6.07, 6.45) is 4.11. The molecule has 0 saturated heterocycles. The van der Waals surface area contributed by atoms with Crippen LogP contribution in [0.2, 0.25) is 0 Å². The highest BCUT2D eigenvalue weighted by molar-refractivity contribution is 6.14. The molecule has 0 unspecified atom stereocenters. The van der Waals surface area contributed by atoms with Crippen LogP contribution in [-0.2, 0) is 4.79 Å². The number of fused-ring (bicyclic) bond motifs is 2. The van der Waals surface area contributed by atoms with E-state index in [1.165, 1.54) is 12.4 Å². The van der Waals surface area contributed by atoms with E-state index in [9.17, 15) is 9.59 Å². The molecule has 0 spiro atoms. The minimum absolute atomic E-state index is 0.274. The van der Waals surface area contributed by atoms with Crippen LogP contribution in [0.4, 0.5) is 5.69 Å². The van der Waals surface area contributed by atoms with Gasteiger partial charge in [-0.3, -0.25) is 9.78 Å². The number of carboxylic acid groups (broad SMARTS) is 1. The quantitative estimate of drug-likeness (QED) is 0.775. The van der Waals surface area contributed by atoms with Crippen molar-refractivity contribution in [1.82, 2.24) is 4.98 Å². The first-order valence-corrected chi connectivity index (χ1v) is 5.96. The molecule has 1 aliphatic rings. The van der Waals surface area contributed by atoms with Crippen molar-refractivity contribution >= 4 is 23.1 Å². The first kappa shape index (κ1) is 12.1. The molecule has 0 fully saturated rings. The summed E-state index contributed by atoms with van der Waals surface area (Å²) in [6.45, 7) is 0. The van der Waals surface area contributed by atoms with Gasteiger partial charge in [-0.2, -0.15) is 0 Å². The summed E-state index contributed by atoms with van der Waals surface area (Å²) in [7, 11) is 0. The highest BCUT2D eigenvalue weighted by Gasteiger charge is 2.23. The number of aliphatic carboxylic acids is 1. The Morgan fingerprint density at radius 2 is 1.95 bits per heavy atom. The van der Waals surface area contributed by atoms with Crippen molar-refractivity contribution < 1.29 is 14.7 Å². The van der Waals surface area contributed by atoms with Gasteiger partial charge in [0.2, 0.25) is 0 Å². The molecular formula is C15H10N2O3. The first-order valence-electron chi connectivity index (χ1n) is 5.96. The van der Waals surface area contributed by atoms with E-state index in [1.807, 2.05) is 0 Å². The summed E-state index contributed by atoms with van der Waals surface area (Å²) >= 11 is 0. The molecule has 5 nitrogen and oxygen atoms in total. The Morgan fingerprint density at radius 1 is 1.15 bits per heavy atom. The van der Waals surface area contributed by atoms with E-state index in [0.29, 0.717) is 28.0 Å². The largest absolute Gasteiger partial charge is 0.478 e. The van der Waals surface area contributed by atoms with Crippen molar-refractivity contribution in [3.05, 3.63) is 65.5 Å². The number of hydrogen-bond acceptors (Lipinski definition) is 3. The molecule has 98 valence electrons. The standard InChI is InChI=1S/C15H10N2O3/c18-14(19)7-11-9-3-1-2-4-13(9)17-15(20)10-5-6-16-8-12(10)11/h1-8H,(H,17,20)(H,18,19). The highest BCUT2D eigenvalue weighted by atomic mass is 16.4. The van der Waals surface area contributed by atoms with E-state index >= 15 is 0 Å². The lowest BCUT2D eigenvalue weighted by Crippen LogP contribution is -2.11. The molecule has 0 saturated carbocycles. The van der Waals surface area contributed by atoms with Gasteiger partial charge in [0.1, 0.15) is 0 Å². The Balaban J connectivity index is 2.35. The molecule has 2 heterocycles. The van der Waals surface area contributed by atoms with Crippen molar-refractivity contribution in [2.45, 2.75) is 0 Å². The van der Waals surface area contributed by atoms with Crippen molar-refractivity contribution in [1.29, 1.82) is 0 Å². The predicted molar refractivity (Wildman–Crippen MR) is 73.3 cm³/mol. The number of anilines is 1. The second-order valence-electron chi connectivity index (χ2n) is 4.32. The van der Waals surface area contributed by atoms with E-state index in [-0.39, 0.29) is 5.91 Å². The second kappa shape index (κ2) is 4.62. The Morgan fingerprint density at radius 3 is 2.75 bits per heavy atom. The number of carbonyl (C=O) groups is 2. The molecule has 0 atom stereocenters. The third-order valence-electron chi connectivity index (χ3n) is 3.09. The summed E-state index contributed by atoms with van der Waals surface area (Å²) in [5.74, 6) is -1.34. The SMILES string of the molecule is O=C(O)C=C1c2ccccc2NC(=O)c2ccncc21. The first-order chi connectivity index (χ1) is 9.66. The van der Waals surface area contributed by atoms with Gasteiger partial charge in [0.25, 0.3) is 5.91 Å². The Hall–Kier alpha value is -2.95. The van der Waals surface area contributed by atoms with Crippen LogP contribution in [0.1, 0.15) is 21.5 Å². The van der Waals surface area contributed by atoms with Gasteiger partial charge in [0.15, 0.2) is 0 Å². The average Bonchev–Trinajstić information content (AvgIpc) is 2.55. The zero-order valence-electron chi connectivity index (χ0n) is 10.3. The minimum Gasteiger partial charge on any atom is -0.478 e. The van der Waals surface area contributed by atoms with Crippen LogP contribution in [0.3, 0.4) is 0 Å². The molecule has 0 radical (unpaired) electrons. The van der Waals surface area contributed by atoms with Gasteiger partial charge in [0, 0.05) is 40.9 Å². The van der Waals surface area contributed by atoms with Gasteiger partial charge in [-0.15, -0.1) is 0 Å². The molecule has 3 rings (SSSR count). The van der Waals surface area contributed by atoms with E-state index in [0.717, 1.165) is 6.08 Å². The number of benzene rings is 1. The van der Waals surface area contributed by atoms with Crippen molar-refractivity contribution in [3.63, 3.8) is 0 Å². The average molecular weight is 266 g/mol. The molecule has 2 aromatic rings. The maximum atomic E-state index is 12.2. The van der Waals surface area contributed by atoms with Crippen LogP contribution in [0.5, 0.6) is 0 Å². The van der Waals surface area contributed by atoms with Crippen molar-refractivity contribution in [2.75, 3.05) is 5.32 Å². The number of nitrogens with zero attached hydrogens (tertiary/aromatic N) is 1. The van der Waals surface area contributed by atoms with Gasteiger partial charge in [-0.05, 0) is 12.1 Å². The Bertz CT molecular complexity index is 750. The molecule has 0 bridgehead atoms. The van der Waals surface area contributed by atoms with Crippen LogP contribution in [-0.4, -0.2) is 22.0 Å². The number of aromatic nitrogens is 1. The second-order valence-corrected chi connectivity index (χ2v) is 4.32. The van der Waals surface area contributed by atoms with E-state index in [1.54, 1.807) is 30.3 Å². The number of para-hydroxylation sites is 1. The van der Waals surface area contributed by atoms with Gasteiger partial charge in [-0.25, -0.2) is 4.79 Å². The smallest absolute Gasteiger partial charge is 0.328 e. The third kappa shape index (κ3) is 1.95. The van der Waals surface area contributed by atoms with Crippen molar-refractivity contribution in [3.8, 4) is 0 Å². The third-order valence-corrected chi connectivity index (χ3v) is 3.09. The zero-order chi connectivity index (χ0) is 14.1. The van der Waals surface area contributed by atoms with Gasteiger partial charge in [-0.1, -0.05) is 18.2 Å². The summed E-state index contributed by atoms with van der Waals surface area (Å²) < 4.78 is 0. The van der Waals surface area contributed by atoms with E-state index < -0.39 is 5.97 Å². The number of hydrogen-bond donors (Lipinski definition) is 2.